The van der Waals surface area contributed by atoms with E-state index in [2.05, 4.69) is 29.0 Å². The van der Waals surface area contributed by atoms with Crippen LogP contribution in [-0.4, -0.2) is 53.3 Å². The van der Waals surface area contributed by atoms with Gasteiger partial charge in [0.25, 0.3) is 5.91 Å². The van der Waals surface area contributed by atoms with Crippen LogP contribution in [-0.2, 0) is 11.3 Å². The van der Waals surface area contributed by atoms with Crippen molar-refractivity contribution in [3.05, 3.63) is 59.9 Å². The molecule has 0 fully saturated rings. The summed E-state index contributed by atoms with van der Waals surface area (Å²) in [5, 5.41) is 2.88. The number of amides is 2. The lowest BCUT2D eigenvalue weighted by atomic mass is 10.2. The van der Waals surface area contributed by atoms with E-state index in [1.807, 2.05) is 18.2 Å². The predicted octanol–water partition coefficient (Wildman–Crippen LogP) is 2.63. The number of nitrogens with one attached hydrogen (secondary N) is 1. The molecule has 1 heterocycles. The molecule has 1 aromatic carbocycles. The average molecular weight is 354 g/mol. The van der Waals surface area contributed by atoms with Crippen molar-refractivity contribution in [2.24, 2.45) is 0 Å². The van der Waals surface area contributed by atoms with Crippen molar-refractivity contribution in [3.8, 4) is 0 Å². The number of aromatic nitrogens is 1. The summed E-state index contributed by atoms with van der Waals surface area (Å²) in [7, 11) is 3.42. The van der Waals surface area contributed by atoms with Crippen LogP contribution in [0, 0.1) is 0 Å². The van der Waals surface area contributed by atoms with Gasteiger partial charge in [0.15, 0.2) is 0 Å². The quantitative estimate of drug-likeness (QED) is 0.830. The molecule has 6 nitrogen and oxygen atoms in total. The van der Waals surface area contributed by atoms with Gasteiger partial charge in [0, 0.05) is 44.1 Å². The van der Waals surface area contributed by atoms with Crippen molar-refractivity contribution >= 4 is 17.5 Å². The smallest absolute Gasteiger partial charge is 0.253 e. The Morgan fingerprint density at radius 2 is 1.77 bits per heavy atom. The average Bonchev–Trinajstić information content (AvgIpc) is 2.62. The van der Waals surface area contributed by atoms with Crippen molar-refractivity contribution < 1.29 is 9.59 Å². The molecule has 0 spiro atoms. The second kappa shape index (κ2) is 9.10. The molecule has 0 aliphatic carbocycles. The summed E-state index contributed by atoms with van der Waals surface area (Å²) >= 11 is 0. The van der Waals surface area contributed by atoms with Crippen LogP contribution >= 0.6 is 0 Å². The lowest BCUT2D eigenvalue weighted by Gasteiger charge is -2.25. The summed E-state index contributed by atoms with van der Waals surface area (Å²) in [4.78, 5) is 32.2. The zero-order chi connectivity index (χ0) is 19.1. The zero-order valence-corrected chi connectivity index (χ0v) is 15.8. The lowest BCUT2D eigenvalue weighted by molar-refractivity contribution is -0.117. The normalized spacial score (nSPS) is 10.8. The van der Waals surface area contributed by atoms with E-state index in [1.165, 1.54) is 4.90 Å². The van der Waals surface area contributed by atoms with Gasteiger partial charge < -0.3 is 10.2 Å². The third-order valence-electron chi connectivity index (χ3n) is 3.99. The van der Waals surface area contributed by atoms with Crippen molar-refractivity contribution in [3.63, 3.8) is 0 Å². The topological polar surface area (TPSA) is 65.5 Å². The molecule has 2 amide bonds. The zero-order valence-electron chi connectivity index (χ0n) is 15.8. The molecule has 2 rings (SSSR count). The molecule has 1 aromatic heterocycles. The van der Waals surface area contributed by atoms with E-state index in [0.29, 0.717) is 17.8 Å². The molecule has 1 N–H and O–H groups in total. The molecular formula is C20H26N4O2. The summed E-state index contributed by atoms with van der Waals surface area (Å²) in [6.07, 6.45) is 1.75. The Balaban J connectivity index is 1.96. The maximum Gasteiger partial charge on any atom is 0.253 e. The highest BCUT2D eigenvalue weighted by Gasteiger charge is 2.15. The van der Waals surface area contributed by atoms with Crippen LogP contribution in [0.4, 0.5) is 5.69 Å². The number of hydrogen-bond donors (Lipinski definition) is 1. The van der Waals surface area contributed by atoms with E-state index < -0.39 is 0 Å². The van der Waals surface area contributed by atoms with E-state index in [-0.39, 0.29) is 24.4 Å². The molecule has 0 bridgehead atoms. The van der Waals surface area contributed by atoms with Crippen LogP contribution in [0.1, 0.15) is 29.9 Å². The molecule has 0 unspecified atom stereocenters. The van der Waals surface area contributed by atoms with E-state index >= 15 is 0 Å². The molecule has 138 valence electrons. The summed E-state index contributed by atoms with van der Waals surface area (Å²) in [5.41, 5.74) is 2.19. The summed E-state index contributed by atoms with van der Waals surface area (Å²) < 4.78 is 0. The van der Waals surface area contributed by atoms with Gasteiger partial charge in [-0.15, -0.1) is 0 Å². The molecule has 6 heteroatoms. The van der Waals surface area contributed by atoms with Gasteiger partial charge in [0.2, 0.25) is 5.91 Å². The first-order valence-electron chi connectivity index (χ1n) is 8.62. The number of hydrogen-bond acceptors (Lipinski definition) is 4. The summed E-state index contributed by atoms with van der Waals surface area (Å²) in [5.74, 6) is -0.162. The van der Waals surface area contributed by atoms with Crippen LogP contribution in [0.2, 0.25) is 0 Å². The van der Waals surface area contributed by atoms with Crippen molar-refractivity contribution in [1.82, 2.24) is 14.8 Å². The number of nitrogens with zero attached hydrogens (tertiary/aromatic N) is 3. The lowest BCUT2D eigenvalue weighted by Crippen LogP contribution is -2.37. The number of anilines is 1. The van der Waals surface area contributed by atoms with Gasteiger partial charge >= 0.3 is 0 Å². The fourth-order valence-electron chi connectivity index (χ4n) is 2.46. The Kier molecular flexibility index (Phi) is 6.86. The standard InChI is InChI=1S/C20H26N4O2/c1-15(2)24(13-18-7-5-6-12-21-18)14-19(25)22-17-10-8-16(9-11-17)20(26)23(3)4/h5-12,15H,13-14H2,1-4H3,(H,22,25). The predicted molar refractivity (Wildman–Crippen MR) is 103 cm³/mol. The maximum absolute atomic E-state index is 12.4. The van der Waals surface area contributed by atoms with Gasteiger partial charge in [-0.25, -0.2) is 0 Å². The van der Waals surface area contributed by atoms with Crippen molar-refractivity contribution in [2.75, 3.05) is 26.0 Å². The number of benzene rings is 1. The number of pyridine rings is 1. The first kappa shape index (κ1) is 19.6. The molecular weight excluding hydrogens is 328 g/mol. The van der Waals surface area contributed by atoms with Crippen molar-refractivity contribution in [2.45, 2.75) is 26.4 Å². The van der Waals surface area contributed by atoms with Crippen LogP contribution in [0.25, 0.3) is 0 Å². The van der Waals surface area contributed by atoms with Gasteiger partial charge in [-0.2, -0.15) is 0 Å². The van der Waals surface area contributed by atoms with Crippen LogP contribution < -0.4 is 5.32 Å². The minimum atomic E-state index is -0.0960. The van der Waals surface area contributed by atoms with E-state index in [1.54, 1.807) is 44.6 Å². The first-order chi connectivity index (χ1) is 12.4. The van der Waals surface area contributed by atoms with Crippen molar-refractivity contribution in [1.29, 1.82) is 0 Å². The van der Waals surface area contributed by atoms with Gasteiger partial charge in [-0.1, -0.05) is 6.07 Å². The molecule has 26 heavy (non-hydrogen) atoms. The fraction of sp³-hybridized carbons (Fsp3) is 0.350. The summed E-state index contributed by atoms with van der Waals surface area (Å²) in [6.45, 7) is 4.99. The Morgan fingerprint density at radius 1 is 1.08 bits per heavy atom. The second-order valence-electron chi connectivity index (χ2n) is 6.64. The molecule has 0 radical (unpaired) electrons. The molecule has 0 saturated carbocycles. The number of carbonyl (C=O) groups excluding carboxylic acids is 2. The molecule has 2 aromatic rings. The van der Waals surface area contributed by atoms with E-state index in [9.17, 15) is 9.59 Å². The van der Waals surface area contributed by atoms with Gasteiger partial charge in [0.1, 0.15) is 0 Å². The van der Waals surface area contributed by atoms with Crippen LogP contribution in [0.3, 0.4) is 0 Å². The van der Waals surface area contributed by atoms with Crippen LogP contribution in [0.5, 0.6) is 0 Å². The monoisotopic (exact) mass is 354 g/mol. The maximum atomic E-state index is 12.4. The third-order valence-corrected chi connectivity index (χ3v) is 3.99. The van der Waals surface area contributed by atoms with Crippen LogP contribution in [0.15, 0.2) is 48.7 Å². The minimum absolute atomic E-state index is 0.0655. The Labute approximate surface area is 154 Å². The van der Waals surface area contributed by atoms with E-state index in [4.69, 9.17) is 0 Å². The number of carbonyl (C=O) groups is 2. The third kappa shape index (κ3) is 5.67. The minimum Gasteiger partial charge on any atom is -0.345 e. The number of rotatable bonds is 7. The largest absolute Gasteiger partial charge is 0.345 e. The van der Waals surface area contributed by atoms with Gasteiger partial charge in [-0.05, 0) is 50.2 Å². The molecule has 0 aliphatic heterocycles. The summed E-state index contributed by atoms with van der Waals surface area (Å²) in [6, 6.07) is 12.9. The SMILES string of the molecule is CC(C)N(CC(=O)Nc1ccc(C(=O)N(C)C)cc1)Cc1ccccn1. The molecule has 0 aliphatic rings. The van der Waals surface area contributed by atoms with Gasteiger partial charge in [0.05, 0.1) is 12.2 Å². The first-order valence-corrected chi connectivity index (χ1v) is 8.62. The molecule has 0 saturated heterocycles. The highest BCUT2D eigenvalue weighted by atomic mass is 16.2. The van der Waals surface area contributed by atoms with Gasteiger partial charge in [-0.3, -0.25) is 19.5 Å². The highest BCUT2D eigenvalue weighted by molar-refractivity contribution is 5.96. The van der Waals surface area contributed by atoms with E-state index in [0.717, 1.165) is 5.69 Å². The Morgan fingerprint density at radius 3 is 2.31 bits per heavy atom. The molecule has 0 atom stereocenters. The fourth-order valence-corrected chi connectivity index (χ4v) is 2.46. The Hall–Kier alpha value is -2.73. The second-order valence-corrected chi connectivity index (χ2v) is 6.64. The highest BCUT2D eigenvalue weighted by Crippen LogP contribution is 2.12. The Bertz CT molecular complexity index is 727.